The molecule has 0 bridgehead atoms. The number of ether oxygens (including phenoxy) is 1. The fraction of sp³-hybridized carbons (Fsp3) is 0.0238. The molecule has 0 aliphatic carbocycles. The maximum atomic E-state index is 15.0. The quantitative estimate of drug-likeness (QED) is 0.0945. The van der Waals surface area contributed by atoms with Crippen LogP contribution >= 0.6 is 7.26 Å². The Bertz CT molecular complexity index is 2000. The van der Waals surface area contributed by atoms with Crippen LogP contribution in [0.2, 0.25) is 0 Å². The van der Waals surface area contributed by atoms with Crippen molar-refractivity contribution in [1.29, 1.82) is 0 Å². The molecule has 0 aliphatic heterocycles. The van der Waals surface area contributed by atoms with Gasteiger partial charge in [0.25, 0.3) is 11.8 Å². The van der Waals surface area contributed by atoms with Crippen molar-refractivity contribution in [2.45, 2.75) is 0 Å². The minimum Gasteiger partial charge on any atom is -1.00 e. The summed E-state index contributed by atoms with van der Waals surface area (Å²) in [7, 11) is -1.68. The Balaban J connectivity index is 0.00000486. The molecule has 0 unspecified atom stereocenters. The van der Waals surface area contributed by atoms with Gasteiger partial charge in [-0.15, -0.1) is 0 Å². The van der Waals surface area contributed by atoms with E-state index in [1.165, 1.54) is 7.11 Å². The van der Waals surface area contributed by atoms with Crippen molar-refractivity contribution < 1.29 is 43.1 Å². The van der Waals surface area contributed by atoms with Crippen molar-refractivity contribution in [2.75, 3.05) is 12.4 Å². The van der Waals surface area contributed by atoms with Crippen LogP contribution in [0.5, 0.6) is 0 Å². The zero-order valence-electron chi connectivity index (χ0n) is 27.2. The maximum absolute atomic E-state index is 15.0. The Morgan fingerprint density at radius 2 is 0.920 bits per heavy atom. The van der Waals surface area contributed by atoms with Crippen LogP contribution < -0.4 is 50.5 Å². The summed E-state index contributed by atoms with van der Waals surface area (Å²) in [4.78, 5) is 41.9. The molecule has 8 heteroatoms. The maximum Gasteiger partial charge on any atom is 0.339 e. The van der Waals surface area contributed by atoms with Crippen molar-refractivity contribution >= 4 is 52.0 Å². The second kappa shape index (κ2) is 16.8. The van der Waals surface area contributed by atoms with Crippen molar-refractivity contribution in [3.05, 3.63) is 198 Å². The second-order valence-corrected chi connectivity index (χ2v) is 14.4. The predicted octanol–water partition coefficient (Wildman–Crippen LogP) is 4.21. The summed E-state index contributed by atoms with van der Waals surface area (Å²) in [5.41, 5.74) is 1.64. The molecule has 6 rings (SSSR count). The van der Waals surface area contributed by atoms with Gasteiger partial charge in [0.1, 0.15) is 28.5 Å². The molecule has 0 saturated heterocycles. The third kappa shape index (κ3) is 7.44. The van der Waals surface area contributed by atoms with E-state index in [-0.39, 0.29) is 40.9 Å². The molecule has 6 aromatic rings. The van der Waals surface area contributed by atoms with Gasteiger partial charge in [-0.1, -0.05) is 115 Å². The average Bonchev–Trinajstić information content (AvgIpc) is 3.17. The van der Waals surface area contributed by atoms with Gasteiger partial charge < -0.3 is 39.3 Å². The minimum atomic E-state index is -2.97. The van der Waals surface area contributed by atoms with E-state index in [0.717, 1.165) is 21.5 Å². The number of halogens is 1. The van der Waals surface area contributed by atoms with E-state index in [9.17, 15) is 14.4 Å². The van der Waals surface area contributed by atoms with Crippen LogP contribution in [0.3, 0.4) is 0 Å². The third-order valence-corrected chi connectivity index (χ3v) is 12.5. The lowest BCUT2D eigenvalue weighted by Crippen LogP contribution is -3.00. The van der Waals surface area contributed by atoms with Crippen LogP contribution in [0.25, 0.3) is 5.31 Å². The number of esters is 1. The fourth-order valence-corrected chi connectivity index (χ4v) is 10.5. The Kier molecular flexibility index (Phi) is 12.1. The first-order valence-electron chi connectivity index (χ1n) is 15.7. The second-order valence-electron chi connectivity index (χ2n) is 11.1. The first-order valence-corrected chi connectivity index (χ1v) is 17.5. The number of hydrogen-bond donors (Lipinski definition) is 2. The standard InChI is InChI=1S/C42H33N2O4P.HI/c1-48-42(47)36-29-17-18-30-37(36)43-41(46)38(44-40(45)32-21-9-3-10-22-32)39(31-19-7-2-8-20-31)49(33-23-11-4-12-24-33,34-25-13-5-14-26-34)35-27-15-6-16-28-35;/h2-30H,1H3,(H-,43,44,45,46,47);1H/b39-38-;. The zero-order chi connectivity index (χ0) is 34.1. The molecular formula is C42H34IN2O4P. The zero-order valence-corrected chi connectivity index (χ0v) is 30.3. The predicted molar refractivity (Wildman–Crippen MR) is 199 cm³/mol. The van der Waals surface area contributed by atoms with Crippen LogP contribution in [0.15, 0.2) is 182 Å². The molecule has 0 radical (unpaired) electrons. The van der Waals surface area contributed by atoms with Gasteiger partial charge in [0.15, 0.2) is 5.70 Å². The van der Waals surface area contributed by atoms with Crippen LogP contribution in [0.1, 0.15) is 26.3 Å². The molecule has 6 aromatic carbocycles. The van der Waals surface area contributed by atoms with Crippen LogP contribution in [0.4, 0.5) is 5.69 Å². The highest BCUT2D eigenvalue weighted by Crippen LogP contribution is 2.67. The molecular weight excluding hydrogens is 754 g/mol. The van der Waals surface area contributed by atoms with Gasteiger partial charge in [-0.25, -0.2) is 4.79 Å². The summed E-state index contributed by atoms with van der Waals surface area (Å²) in [5, 5.41) is 9.64. The molecule has 0 saturated carbocycles. The first kappa shape index (κ1) is 35.9. The largest absolute Gasteiger partial charge is 1.00 e. The number of benzene rings is 6. The lowest BCUT2D eigenvalue weighted by molar-refractivity contribution is -0.113. The summed E-state index contributed by atoms with van der Waals surface area (Å²) in [6, 6.07) is 55.5. The first-order chi connectivity index (χ1) is 24.0. The van der Waals surface area contributed by atoms with E-state index in [1.807, 2.05) is 91.0 Å². The number of nitrogens with one attached hydrogen (secondary N) is 2. The molecule has 248 valence electrons. The molecule has 2 N–H and O–H groups in total. The number of methoxy groups -OCH3 is 1. The smallest absolute Gasteiger partial charge is 0.339 e. The highest BCUT2D eigenvalue weighted by atomic mass is 127. The molecule has 0 spiro atoms. The van der Waals surface area contributed by atoms with E-state index in [2.05, 4.69) is 47.0 Å². The fourth-order valence-electron chi connectivity index (χ4n) is 5.95. The monoisotopic (exact) mass is 788 g/mol. The van der Waals surface area contributed by atoms with E-state index >= 15 is 0 Å². The number of rotatable bonds is 10. The highest BCUT2D eigenvalue weighted by molar-refractivity contribution is 8.03. The van der Waals surface area contributed by atoms with Crippen molar-refractivity contribution in [3.63, 3.8) is 0 Å². The summed E-state index contributed by atoms with van der Waals surface area (Å²) < 4.78 is 5.02. The van der Waals surface area contributed by atoms with Gasteiger partial charge in [-0.2, -0.15) is 0 Å². The summed E-state index contributed by atoms with van der Waals surface area (Å²) in [5.74, 6) is -1.64. The summed E-state index contributed by atoms with van der Waals surface area (Å²) in [6.07, 6.45) is 0. The molecule has 0 fully saturated rings. The Morgan fingerprint density at radius 3 is 1.38 bits per heavy atom. The van der Waals surface area contributed by atoms with Crippen molar-refractivity contribution in [1.82, 2.24) is 5.32 Å². The van der Waals surface area contributed by atoms with E-state index < -0.39 is 25.0 Å². The number of hydrogen-bond acceptors (Lipinski definition) is 4. The molecule has 6 nitrogen and oxygen atoms in total. The molecule has 0 heterocycles. The van der Waals surface area contributed by atoms with Crippen LogP contribution in [-0.4, -0.2) is 24.9 Å². The molecule has 0 atom stereocenters. The van der Waals surface area contributed by atoms with Crippen LogP contribution in [0, 0.1) is 0 Å². The Labute approximate surface area is 309 Å². The van der Waals surface area contributed by atoms with Gasteiger partial charge in [0, 0.05) is 11.1 Å². The van der Waals surface area contributed by atoms with Crippen molar-refractivity contribution in [2.24, 2.45) is 0 Å². The number of para-hydroxylation sites is 1. The van der Waals surface area contributed by atoms with E-state index in [0.29, 0.717) is 10.9 Å². The van der Waals surface area contributed by atoms with Gasteiger partial charge in [-0.3, -0.25) is 9.59 Å². The number of carbonyl (C=O) groups excluding carboxylic acids is 3. The summed E-state index contributed by atoms with van der Waals surface area (Å²) >= 11 is 0. The van der Waals surface area contributed by atoms with Gasteiger partial charge >= 0.3 is 5.97 Å². The number of amides is 2. The molecule has 2 amide bonds. The van der Waals surface area contributed by atoms with E-state index in [1.54, 1.807) is 48.5 Å². The molecule has 0 aliphatic rings. The van der Waals surface area contributed by atoms with Crippen molar-refractivity contribution in [3.8, 4) is 0 Å². The highest BCUT2D eigenvalue weighted by Gasteiger charge is 2.52. The van der Waals surface area contributed by atoms with Gasteiger partial charge in [0.05, 0.1) is 18.4 Å². The SMILES string of the molecule is COC(=O)c1ccccc1NC(=O)/C(NC(=O)c1ccccc1)=C(\c1ccccc1)[P+](c1ccccc1)(c1ccccc1)c1ccccc1.[I-]. The number of anilines is 1. The normalized spacial score (nSPS) is 11.3. The topological polar surface area (TPSA) is 84.5 Å². The Morgan fingerprint density at radius 1 is 0.520 bits per heavy atom. The average molecular weight is 789 g/mol. The minimum absolute atomic E-state index is 0. The lowest BCUT2D eigenvalue weighted by atomic mass is 10.1. The number of carbonyl (C=O) groups is 3. The van der Waals surface area contributed by atoms with E-state index in [4.69, 9.17) is 4.74 Å². The molecule has 50 heavy (non-hydrogen) atoms. The van der Waals surface area contributed by atoms with Gasteiger partial charge in [0.2, 0.25) is 0 Å². The third-order valence-electron chi connectivity index (χ3n) is 8.13. The Hall–Kier alpha value is -5.37. The van der Waals surface area contributed by atoms with Crippen LogP contribution in [-0.2, 0) is 9.53 Å². The molecule has 0 aromatic heterocycles. The van der Waals surface area contributed by atoms with Gasteiger partial charge in [-0.05, 0) is 60.7 Å². The summed E-state index contributed by atoms with van der Waals surface area (Å²) in [6.45, 7) is 0. The lowest BCUT2D eigenvalue weighted by Gasteiger charge is -2.31.